The Labute approximate surface area is 194 Å². The highest BCUT2D eigenvalue weighted by molar-refractivity contribution is 7.86. The number of ether oxygens (including phenoxy) is 4. The quantitative estimate of drug-likeness (QED) is 0.239. The minimum absolute atomic E-state index is 0.143. The second-order valence-electron chi connectivity index (χ2n) is 9.29. The number of hydrogen-bond donors (Lipinski definition) is 0. The highest BCUT2D eigenvalue weighted by Crippen LogP contribution is 2.41. The first-order valence-corrected chi connectivity index (χ1v) is 13.9. The molecule has 0 bridgehead atoms. The lowest BCUT2D eigenvalue weighted by Crippen LogP contribution is -2.40. The Morgan fingerprint density at radius 2 is 1.53 bits per heavy atom. The highest BCUT2D eigenvalue weighted by Gasteiger charge is 2.58. The summed E-state index contributed by atoms with van der Waals surface area (Å²) in [6, 6.07) is 1.97. The Morgan fingerprint density at radius 1 is 0.969 bits per heavy atom. The molecule has 2 saturated heterocycles. The van der Waals surface area contributed by atoms with Gasteiger partial charge < -0.3 is 18.9 Å². The summed E-state index contributed by atoms with van der Waals surface area (Å²) in [4.78, 5) is 0. The van der Waals surface area contributed by atoms with Crippen LogP contribution in [0.15, 0.2) is 0 Å². The first-order chi connectivity index (χ1) is 15.2. The fraction of sp³-hybridized carbons (Fsp3) is 0.957. The summed E-state index contributed by atoms with van der Waals surface area (Å²) < 4.78 is 52.3. The van der Waals surface area contributed by atoms with Crippen molar-refractivity contribution in [3.8, 4) is 6.07 Å². The van der Waals surface area contributed by atoms with Crippen LogP contribution in [0.1, 0.15) is 91.4 Å². The molecule has 0 radical (unpaired) electrons. The summed E-state index contributed by atoms with van der Waals surface area (Å²) in [5.74, 6) is -0.849. The topological polar surface area (TPSA) is 104 Å². The Balaban J connectivity index is 1.77. The maximum absolute atomic E-state index is 11.7. The van der Waals surface area contributed by atoms with Crippen molar-refractivity contribution in [3.63, 3.8) is 0 Å². The van der Waals surface area contributed by atoms with Crippen molar-refractivity contribution in [3.05, 3.63) is 0 Å². The monoisotopic (exact) mass is 475 g/mol. The molecule has 2 fully saturated rings. The third kappa shape index (κ3) is 9.24. The highest BCUT2D eigenvalue weighted by atomic mass is 32.2. The molecule has 0 spiro atoms. The average molecular weight is 476 g/mol. The molecule has 2 aliphatic rings. The van der Waals surface area contributed by atoms with Crippen molar-refractivity contribution >= 4 is 10.1 Å². The van der Waals surface area contributed by atoms with Gasteiger partial charge in [-0.15, -0.1) is 0 Å². The van der Waals surface area contributed by atoms with Crippen molar-refractivity contribution in [2.45, 2.75) is 128 Å². The minimum atomic E-state index is -3.77. The summed E-state index contributed by atoms with van der Waals surface area (Å²) in [5.41, 5.74) is 0. The van der Waals surface area contributed by atoms with E-state index in [4.69, 9.17) is 28.4 Å². The van der Waals surface area contributed by atoms with Gasteiger partial charge in [0.1, 0.15) is 24.4 Å². The molecular weight excluding hydrogens is 434 g/mol. The number of fused-ring (bicyclic) bond motifs is 1. The van der Waals surface area contributed by atoms with Gasteiger partial charge in [0, 0.05) is 6.61 Å². The van der Waals surface area contributed by atoms with Gasteiger partial charge >= 0.3 is 0 Å². The second-order valence-corrected chi connectivity index (χ2v) is 10.9. The van der Waals surface area contributed by atoms with Gasteiger partial charge in [-0.05, 0) is 20.3 Å². The predicted molar refractivity (Wildman–Crippen MR) is 120 cm³/mol. The summed E-state index contributed by atoms with van der Waals surface area (Å²) in [6.07, 6.45) is 9.70. The van der Waals surface area contributed by atoms with Crippen molar-refractivity contribution in [2.24, 2.45) is 0 Å². The van der Waals surface area contributed by atoms with Crippen LogP contribution in [0.3, 0.4) is 0 Å². The molecule has 8 nitrogen and oxygen atoms in total. The fourth-order valence-electron chi connectivity index (χ4n) is 4.33. The van der Waals surface area contributed by atoms with Gasteiger partial charge in [-0.3, -0.25) is 4.18 Å². The van der Waals surface area contributed by atoms with Gasteiger partial charge in [0.25, 0.3) is 10.1 Å². The van der Waals surface area contributed by atoms with E-state index in [1.54, 1.807) is 13.8 Å². The molecule has 0 aromatic heterocycles. The van der Waals surface area contributed by atoms with Gasteiger partial charge in [-0.2, -0.15) is 13.7 Å². The zero-order valence-electron chi connectivity index (χ0n) is 20.1. The van der Waals surface area contributed by atoms with E-state index in [1.165, 1.54) is 51.4 Å². The Hall–Kier alpha value is -0.760. The molecule has 9 heteroatoms. The lowest BCUT2D eigenvalue weighted by molar-refractivity contribution is -0.241. The van der Waals surface area contributed by atoms with Crippen LogP contribution in [0.4, 0.5) is 0 Å². The molecule has 0 aromatic rings. The summed E-state index contributed by atoms with van der Waals surface area (Å²) in [7, 11) is -3.77. The normalized spacial score (nSPS) is 27.8. The minimum Gasteiger partial charge on any atom is -0.350 e. The Bertz CT molecular complexity index is 691. The molecule has 0 N–H and O–H groups in total. The van der Waals surface area contributed by atoms with Crippen LogP contribution in [0.2, 0.25) is 0 Å². The van der Waals surface area contributed by atoms with E-state index in [0.717, 1.165) is 19.1 Å². The van der Waals surface area contributed by atoms with Crippen molar-refractivity contribution in [1.29, 1.82) is 5.26 Å². The fourth-order valence-corrected chi connectivity index (χ4v) is 4.96. The molecule has 2 rings (SSSR count). The van der Waals surface area contributed by atoms with E-state index < -0.39 is 46.6 Å². The number of hydrogen-bond acceptors (Lipinski definition) is 8. The van der Waals surface area contributed by atoms with Crippen LogP contribution in [0.5, 0.6) is 0 Å². The third-order valence-corrected chi connectivity index (χ3v) is 6.38. The van der Waals surface area contributed by atoms with Crippen molar-refractivity contribution in [1.82, 2.24) is 0 Å². The lowest BCUT2D eigenvalue weighted by atomic mass is 10.0. The summed E-state index contributed by atoms with van der Waals surface area (Å²) in [5, 5.41) is 9.14. The van der Waals surface area contributed by atoms with E-state index in [0.29, 0.717) is 6.61 Å². The van der Waals surface area contributed by atoms with E-state index in [2.05, 4.69) is 6.92 Å². The largest absolute Gasteiger partial charge is 0.350 e. The number of unbranched alkanes of at least 4 members (excludes halogenated alkanes) is 9. The number of rotatable bonds is 16. The maximum Gasteiger partial charge on any atom is 0.264 e. The molecule has 0 amide bonds. The molecule has 0 unspecified atom stereocenters. The molecule has 0 aliphatic carbocycles. The van der Waals surface area contributed by atoms with Gasteiger partial charge in [0.15, 0.2) is 12.1 Å². The average Bonchev–Trinajstić information content (AvgIpc) is 3.18. The van der Waals surface area contributed by atoms with Crippen LogP contribution in [0, 0.1) is 11.3 Å². The van der Waals surface area contributed by atoms with Crippen LogP contribution < -0.4 is 0 Å². The standard InChI is InChI=1S/C23H41NO7S/c1-5-6-7-8-9-10-11-12-13-14-17-27-22-21-20(29-23(2,3)30-21)19(28-22)18(15-16-24)31-32(4,25)26/h18-22H,5-15,17H2,1-4H3/t18-,19-,20+,21+,22+/m1/s1. The van der Waals surface area contributed by atoms with Gasteiger partial charge in [-0.25, -0.2) is 0 Å². The molecule has 0 saturated carbocycles. The smallest absolute Gasteiger partial charge is 0.264 e. The molecule has 5 atom stereocenters. The summed E-state index contributed by atoms with van der Waals surface area (Å²) in [6.45, 7) is 6.34. The molecule has 186 valence electrons. The van der Waals surface area contributed by atoms with Crippen molar-refractivity contribution in [2.75, 3.05) is 12.9 Å². The predicted octanol–water partition coefficient (Wildman–Crippen LogP) is 4.43. The molecule has 2 aliphatic heterocycles. The van der Waals surface area contributed by atoms with E-state index >= 15 is 0 Å². The van der Waals surface area contributed by atoms with Gasteiger partial charge in [-0.1, -0.05) is 64.7 Å². The first kappa shape index (κ1) is 27.5. The van der Waals surface area contributed by atoms with Crippen LogP contribution in [-0.4, -0.2) is 57.8 Å². The Morgan fingerprint density at radius 3 is 2.09 bits per heavy atom. The zero-order valence-corrected chi connectivity index (χ0v) is 20.9. The van der Waals surface area contributed by atoms with E-state index in [-0.39, 0.29) is 6.42 Å². The zero-order chi connectivity index (χ0) is 23.6. The lowest BCUT2D eigenvalue weighted by Gasteiger charge is -2.27. The van der Waals surface area contributed by atoms with Gasteiger partial charge in [0.05, 0.1) is 18.7 Å². The molecular formula is C23H41NO7S. The maximum atomic E-state index is 11.7. The molecule has 2 heterocycles. The van der Waals surface area contributed by atoms with Crippen LogP contribution in [-0.2, 0) is 33.2 Å². The Kier molecular flexibility index (Phi) is 11.3. The summed E-state index contributed by atoms with van der Waals surface area (Å²) >= 11 is 0. The van der Waals surface area contributed by atoms with E-state index in [1.807, 2.05) is 6.07 Å². The first-order valence-electron chi connectivity index (χ1n) is 12.0. The number of nitriles is 1. The SMILES string of the molecule is CCCCCCCCCCCCO[C@H]1O[C@H]([C@@H](CC#N)OS(C)(=O)=O)[C@@H]2OC(C)(C)O[C@H]12. The van der Waals surface area contributed by atoms with Crippen molar-refractivity contribution < 1.29 is 31.5 Å². The second kappa shape index (κ2) is 13.2. The number of nitrogens with zero attached hydrogens (tertiary/aromatic N) is 1. The third-order valence-electron chi connectivity index (χ3n) is 5.78. The molecule has 32 heavy (non-hydrogen) atoms. The van der Waals surface area contributed by atoms with Crippen LogP contribution >= 0.6 is 0 Å². The van der Waals surface area contributed by atoms with Gasteiger partial charge in [0.2, 0.25) is 0 Å². The van der Waals surface area contributed by atoms with Crippen LogP contribution in [0.25, 0.3) is 0 Å². The molecule has 0 aromatic carbocycles. The van der Waals surface area contributed by atoms with E-state index in [9.17, 15) is 8.42 Å².